The summed E-state index contributed by atoms with van der Waals surface area (Å²) < 4.78 is 5.99. The van der Waals surface area contributed by atoms with Crippen LogP contribution in [-0.4, -0.2) is 6.61 Å². The van der Waals surface area contributed by atoms with Gasteiger partial charge in [-0.25, -0.2) is 0 Å². The maximum atomic E-state index is 5.99. The van der Waals surface area contributed by atoms with Crippen LogP contribution in [0.5, 0.6) is 5.75 Å². The third-order valence-corrected chi connectivity index (χ3v) is 3.72. The number of anilines is 1. The molecule has 0 aliphatic rings. The largest absolute Gasteiger partial charge is 0.493 e. The highest BCUT2D eigenvalue weighted by Crippen LogP contribution is 2.20. The van der Waals surface area contributed by atoms with E-state index >= 15 is 0 Å². The van der Waals surface area contributed by atoms with Gasteiger partial charge >= 0.3 is 0 Å². The van der Waals surface area contributed by atoms with E-state index in [0.29, 0.717) is 6.61 Å². The second kappa shape index (κ2) is 8.04. The summed E-state index contributed by atoms with van der Waals surface area (Å²) in [6.45, 7) is 1.44. The fraction of sp³-hybridized carbons (Fsp3) is 0.143. The second-order valence-corrected chi connectivity index (χ2v) is 5.41. The van der Waals surface area contributed by atoms with Crippen LogP contribution in [0.1, 0.15) is 11.1 Å². The molecule has 0 unspecified atom stereocenters. The summed E-state index contributed by atoms with van der Waals surface area (Å²) in [5, 5.41) is 3.43. The third-order valence-electron chi connectivity index (χ3n) is 3.72. The highest BCUT2D eigenvalue weighted by molar-refractivity contribution is 5.45. The first kappa shape index (κ1) is 15.2. The van der Waals surface area contributed by atoms with Crippen LogP contribution in [0.15, 0.2) is 84.9 Å². The van der Waals surface area contributed by atoms with Crippen molar-refractivity contribution in [1.29, 1.82) is 0 Å². The van der Waals surface area contributed by atoms with Gasteiger partial charge in [0, 0.05) is 24.2 Å². The topological polar surface area (TPSA) is 21.3 Å². The summed E-state index contributed by atoms with van der Waals surface area (Å²) in [5.41, 5.74) is 3.59. The minimum atomic E-state index is 0.687. The number of nitrogens with one attached hydrogen (secondary N) is 1. The lowest BCUT2D eigenvalue weighted by Gasteiger charge is -2.13. The summed E-state index contributed by atoms with van der Waals surface area (Å²) in [4.78, 5) is 0. The second-order valence-electron chi connectivity index (χ2n) is 5.41. The van der Waals surface area contributed by atoms with Gasteiger partial charge in [-0.05, 0) is 23.8 Å². The lowest BCUT2D eigenvalue weighted by molar-refractivity contribution is 0.319. The van der Waals surface area contributed by atoms with E-state index < -0.39 is 0 Å². The zero-order valence-corrected chi connectivity index (χ0v) is 13.1. The molecule has 3 aromatic carbocycles. The molecule has 0 bridgehead atoms. The Hall–Kier alpha value is -2.74. The lowest BCUT2D eigenvalue weighted by Crippen LogP contribution is -2.06. The minimum Gasteiger partial charge on any atom is -0.493 e. The number of rotatable bonds is 7. The predicted octanol–water partition coefficient (Wildman–Crippen LogP) is 4.92. The molecule has 0 aromatic heterocycles. The molecule has 0 saturated heterocycles. The SMILES string of the molecule is c1ccc(CCOc2ccccc2CNc2ccccc2)cc1. The van der Waals surface area contributed by atoms with E-state index in [1.807, 2.05) is 42.5 Å². The van der Waals surface area contributed by atoms with Crippen LogP contribution in [0, 0.1) is 0 Å². The van der Waals surface area contributed by atoms with Gasteiger partial charge in [-0.2, -0.15) is 0 Å². The van der Waals surface area contributed by atoms with Crippen molar-refractivity contribution in [2.45, 2.75) is 13.0 Å². The number of hydrogen-bond donors (Lipinski definition) is 1. The predicted molar refractivity (Wildman–Crippen MR) is 95.9 cm³/mol. The van der Waals surface area contributed by atoms with E-state index in [0.717, 1.165) is 24.4 Å². The van der Waals surface area contributed by atoms with E-state index in [4.69, 9.17) is 4.74 Å². The first-order valence-corrected chi connectivity index (χ1v) is 7.95. The Morgan fingerprint density at radius 1 is 0.696 bits per heavy atom. The van der Waals surface area contributed by atoms with Gasteiger partial charge < -0.3 is 10.1 Å². The molecular weight excluding hydrogens is 282 g/mol. The molecule has 3 rings (SSSR count). The zero-order valence-electron chi connectivity index (χ0n) is 13.1. The van der Waals surface area contributed by atoms with Gasteiger partial charge in [-0.15, -0.1) is 0 Å². The van der Waals surface area contributed by atoms with Crippen molar-refractivity contribution in [3.63, 3.8) is 0 Å². The molecule has 0 amide bonds. The molecule has 0 aliphatic carbocycles. The Morgan fingerprint density at radius 3 is 2.13 bits per heavy atom. The highest BCUT2D eigenvalue weighted by Gasteiger charge is 2.03. The molecule has 3 aromatic rings. The number of ether oxygens (including phenoxy) is 1. The standard InChI is InChI=1S/C21H21NO/c1-3-9-18(10-4-1)15-16-23-21-14-8-7-11-19(21)17-22-20-12-5-2-6-13-20/h1-14,22H,15-17H2. The summed E-state index contributed by atoms with van der Waals surface area (Å²) in [6.07, 6.45) is 0.918. The van der Waals surface area contributed by atoms with Gasteiger partial charge in [0.1, 0.15) is 5.75 Å². The van der Waals surface area contributed by atoms with Gasteiger partial charge in [-0.3, -0.25) is 0 Å². The highest BCUT2D eigenvalue weighted by atomic mass is 16.5. The average molecular weight is 303 g/mol. The molecule has 0 aliphatic heterocycles. The van der Waals surface area contributed by atoms with Crippen LogP contribution < -0.4 is 10.1 Å². The van der Waals surface area contributed by atoms with Crippen molar-refractivity contribution in [3.05, 3.63) is 96.1 Å². The normalized spacial score (nSPS) is 10.3. The van der Waals surface area contributed by atoms with Gasteiger partial charge in [0.05, 0.1) is 6.61 Å². The lowest BCUT2D eigenvalue weighted by atomic mass is 10.1. The number of benzene rings is 3. The van der Waals surface area contributed by atoms with E-state index in [1.54, 1.807) is 0 Å². The summed E-state index contributed by atoms with van der Waals surface area (Å²) in [7, 11) is 0. The molecule has 0 heterocycles. The van der Waals surface area contributed by atoms with Gasteiger partial charge in [-0.1, -0.05) is 66.7 Å². The maximum Gasteiger partial charge on any atom is 0.124 e. The first-order valence-electron chi connectivity index (χ1n) is 7.95. The number of hydrogen-bond acceptors (Lipinski definition) is 2. The Balaban J connectivity index is 1.57. The fourth-order valence-corrected chi connectivity index (χ4v) is 2.47. The number of para-hydroxylation sites is 2. The molecule has 1 N–H and O–H groups in total. The molecule has 0 fully saturated rings. The van der Waals surface area contributed by atoms with E-state index in [9.17, 15) is 0 Å². The van der Waals surface area contributed by atoms with Crippen molar-refractivity contribution in [1.82, 2.24) is 0 Å². The quantitative estimate of drug-likeness (QED) is 0.669. The van der Waals surface area contributed by atoms with Crippen molar-refractivity contribution in [2.75, 3.05) is 11.9 Å². The van der Waals surface area contributed by atoms with Crippen molar-refractivity contribution in [3.8, 4) is 5.75 Å². The van der Waals surface area contributed by atoms with Crippen LogP contribution in [0.4, 0.5) is 5.69 Å². The minimum absolute atomic E-state index is 0.687. The fourth-order valence-electron chi connectivity index (χ4n) is 2.47. The van der Waals surface area contributed by atoms with E-state index in [2.05, 4.69) is 47.8 Å². The van der Waals surface area contributed by atoms with Crippen LogP contribution in [0.3, 0.4) is 0 Å². The van der Waals surface area contributed by atoms with E-state index in [1.165, 1.54) is 11.1 Å². The Labute approximate surface area is 137 Å². The summed E-state index contributed by atoms with van der Waals surface area (Å²) in [6, 6.07) is 28.9. The third kappa shape index (κ3) is 4.62. The summed E-state index contributed by atoms with van der Waals surface area (Å²) in [5.74, 6) is 0.951. The maximum absolute atomic E-state index is 5.99. The summed E-state index contributed by atoms with van der Waals surface area (Å²) >= 11 is 0. The smallest absolute Gasteiger partial charge is 0.124 e. The molecule has 116 valence electrons. The van der Waals surface area contributed by atoms with Gasteiger partial charge in [0.15, 0.2) is 0 Å². The van der Waals surface area contributed by atoms with Gasteiger partial charge in [0.25, 0.3) is 0 Å². The van der Waals surface area contributed by atoms with Crippen molar-refractivity contribution in [2.24, 2.45) is 0 Å². The average Bonchev–Trinajstić information content (AvgIpc) is 2.63. The van der Waals surface area contributed by atoms with Crippen molar-refractivity contribution < 1.29 is 4.74 Å². The first-order chi connectivity index (χ1) is 11.4. The molecular formula is C21H21NO. The monoisotopic (exact) mass is 303 g/mol. The molecule has 2 nitrogen and oxygen atoms in total. The van der Waals surface area contributed by atoms with E-state index in [-0.39, 0.29) is 0 Å². The van der Waals surface area contributed by atoms with Gasteiger partial charge in [0.2, 0.25) is 0 Å². The van der Waals surface area contributed by atoms with Crippen molar-refractivity contribution >= 4 is 5.69 Å². The Bertz CT molecular complexity index is 710. The van der Waals surface area contributed by atoms with Crippen LogP contribution in [0.25, 0.3) is 0 Å². The molecule has 2 heteroatoms. The Morgan fingerprint density at radius 2 is 1.35 bits per heavy atom. The molecule has 0 saturated carbocycles. The molecule has 23 heavy (non-hydrogen) atoms. The molecule has 0 atom stereocenters. The Kier molecular flexibility index (Phi) is 5.30. The zero-order chi connectivity index (χ0) is 15.7. The molecule has 0 spiro atoms. The molecule has 0 radical (unpaired) electrons. The van der Waals surface area contributed by atoms with Crippen LogP contribution in [-0.2, 0) is 13.0 Å². The van der Waals surface area contributed by atoms with Crippen LogP contribution >= 0.6 is 0 Å². The van der Waals surface area contributed by atoms with Crippen LogP contribution in [0.2, 0.25) is 0 Å².